The molecule has 0 unspecified atom stereocenters. The minimum Gasteiger partial charge on any atom is -0.364 e. The minimum atomic E-state index is -0.745. The first-order valence-corrected chi connectivity index (χ1v) is 7.56. The minimum absolute atomic E-state index is 0.00545. The summed E-state index contributed by atoms with van der Waals surface area (Å²) in [5, 5.41) is 11.8. The molecule has 0 saturated carbocycles. The van der Waals surface area contributed by atoms with Crippen molar-refractivity contribution < 1.29 is 14.4 Å². The highest BCUT2D eigenvalue weighted by Gasteiger charge is 2.21. The SMILES string of the molecule is C=CC(=O)Nc1cccc(C(=O)Nc2c(C(N)=O)n[nH]c2C(C)C)c1. The standard InChI is InChI=1S/C17H19N5O3/c1-4-12(23)19-11-7-5-6-10(8-11)17(25)20-14-13(9(2)3)21-22-15(14)16(18)24/h4-9H,1H2,2-3H3,(H2,18,24)(H,19,23)(H,20,25)(H,21,22). The molecule has 1 aromatic carbocycles. The van der Waals surface area contributed by atoms with Crippen LogP contribution in [0.15, 0.2) is 36.9 Å². The number of carbonyl (C=O) groups is 3. The Kier molecular flexibility index (Phi) is 5.33. The number of nitrogens with zero attached hydrogens (tertiary/aromatic N) is 1. The molecule has 0 atom stereocenters. The molecule has 8 nitrogen and oxygen atoms in total. The molecule has 0 bridgehead atoms. The number of hydrogen-bond donors (Lipinski definition) is 4. The highest BCUT2D eigenvalue weighted by molar-refractivity contribution is 6.09. The third kappa shape index (κ3) is 4.11. The van der Waals surface area contributed by atoms with Gasteiger partial charge in [0.15, 0.2) is 5.69 Å². The molecular weight excluding hydrogens is 322 g/mol. The number of H-pyrrole nitrogens is 1. The molecule has 0 aliphatic carbocycles. The maximum Gasteiger partial charge on any atom is 0.271 e. The Morgan fingerprint density at radius 1 is 1.28 bits per heavy atom. The van der Waals surface area contributed by atoms with Crippen molar-refractivity contribution in [2.75, 3.05) is 10.6 Å². The molecule has 8 heteroatoms. The number of hydrogen-bond acceptors (Lipinski definition) is 4. The van der Waals surface area contributed by atoms with Crippen molar-refractivity contribution in [2.45, 2.75) is 19.8 Å². The molecule has 130 valence electrons. The van der Waals surface area contributed by atoms with Gasteiger partial charge >= 0.3 is 0 Å². The first-order chi connectivity index (χ1) is 11.8. The normalized spacial score (nSPS) is 10.4. The summed E-state index contributed by atoms with van der Waals surface area (Å²) in [7, 11) is 0. The van der Waals surface area contributed by atoms with Crippen molar-refractivity contribution >= 4 is 29.1 Å². The molecular formula is C17H19N5O3. The quantitative estimate of drug-likeness (QED) is 0.599. The Labute approximate surface area is 144 Å². The summed E-state index contributed by atoms with van der Waals surface area (Å²) in [6.07, 6.45) is 1.13. The summed E-state index contributed by atoms with van der Waals surface area (Å²) in [5.41, 5.74) is 6.87. The Morgan fingerprint density at radius 3 is 2.60 bits per heavy atom. The summed E-state index contributed by atoms with van der Waals surface area (Å²) in [4.78, 5) is 35.4. The van der Waals surface area contributed by atoms with Crippen molar-refractivity contribution in [3.05, 3.63) is 53.9 Å². The largest absolute Gasteiger partial charge is 0.364 e. The lowest BCUT2D eigenvalue weighted by molar-refractivity contribution is -0.111. The molecule has 2 aromatic rings. The van der Waals surface area contributed by atoms with Crippen LogP contribution in [-0.4, -0.2) is 27.9 Å². The zero-order valence-electron chi connectivity index (χ0n) is 13.9. The maximum absolute atomic E-state index is 12.5. The van der Waals surface area contributed by atoms with Crippen LogP contribution in [0.25, 0.3) is 0 Å². The molecule has 0 spiro atoms. The Balaban J connectivity index is 2.30. The second-order valence-electron chi connectivity index (χ2n) is 5.61. The number of carbonyl (C=O) groups excluding carboxylic acids is 3. The zero-order chi connectivity index (χ0) is 18.6. The van der Waals surface area contributed by atoms with Gasteiger partial charge in [0, 0.05) is 11.3 Å². The summed E-state index contributed by atoms with van der Waals surface area (Å²) < 4.78 is 0. The number of nitrogens with two attached hydrogens (primary N) is 1. The average Bonchev–Trinajstić information content (AvgIpc) is 2.99. The average molecular weight is 341 g/mol. The van der Waals surface area contributed by atoms with Crippen LogP contribution in [0.4, 0.5) is 11.4 Å². The van der Waals surface area contributed by atoms with E-state index < -0.39 is 11.8 Å². The fourth-order valence-electron chi connectivity index (χ4n) is 2.20. The van der Waals surface area contributed by atoms with E-state index in [9.17, 15) is 14.4 Å². The molecule has 0 aliphatic heterocycles. The predicted octanol–water partition coefficient (Wildman–Crippen LogP) is 2.01. The number of primary amides is 1. The van der Waals surface area contributed by atoms with Crippen LogP contribution >= 0.6 is 0 Å². The summed E-state index contributed by atoms with van der Waals surface area (Å²) in [6.45, 7) is 7.15. The lowest BCUT2D eigenvalue weighted by atomic mass is 10.1. The van der Waals surface area contributed by atoms with Gasteiger partial charge in [0.25, 0.3) is 11.8 Å². The maximum atomic E-state index is 12.5. The van der Waals surface area contributed by atoms with E-state index in [-0.39, 0.29) is 23.2 Å². The Hall–Kier alpha value is -3.42. The lowest BCUT2D eigenvalue weighted by Crippen LogP contribution is -2.19. The van der Waals surface area contributed by atoms with E-state index in [0.717, 1.165) is 6.08 Å². The lowest BCUT2D eigenvalue weighted by Gasteiger charge is -2.10. The van der Waals surface area contributed by atoms with Crippen LogP contribution in [0, 0.1) is 0 Å². The van der Waals surface area contributed by atoms with E-state index in [1.54, 1.807) is 18.2 Å². The van der Waals surface area contributed by atoms with Crippen molar-refractivity contribution in [1.82, 2.24) is 10.2 Å². The van der Waals surface area contributed by atoms with Gasteiger partial charge in [0.1, 0.15) is 0 Å². The van der Waals surface area contributed by atoms with E-state index in [2.05, 4.69) is 27.4 Å². The number of amides is 3. The molecule has 1 aromatic heterocycles. The molecule has 1 heterocycles. The molecule has 0 radical (unpaired) electrons. The Morgan fingerprint density at radius 2 is 2.00 bits per heavy atom. The highest BCUT2D eigenvalue weighted by atomic mass is 16.2. The van der Waals surface area contributed by atoms with E-state index >= 15 is 0 Å². The monoisotopic (exact) mass is 341 g/mol. The number of aromatic nitrogens is 2. The second kappa shape index (κ2) is 7.43. The second-order valence-corrected chi connectivity index (χ2v) is 5.61. The molecule has 0 aliphatic rings. The van der Waals surface area contributed by atoms with Crippen LogP contribution in [-0.2, 0) is 4.79 Å². The molecule has 2 rings (SSSR count). The smallest absolute Gasteiger partial charge is 0.271 e. The van der Waals surface area contributed by atoms with E-state index in [1.807, 2.05) is 13.8 Å². The van der Waals surface area contributed by atoms with Crippen LogP contribution in [0.5, 0.6) is 0 Å². The number of benzene rings is 1. The van der Waals surface area contributed by atoms with Crippen LogP contribution in [0.2, 0.25) is 0 Å². The summed E-state index contributed by atoms with van der Waals surface area (Å²) in [5.74, 6) is -1.59. The van der Waals surface area contributed by atoms with Gasteiger partial charge in [-0.3, -0.25) is 19.5 Å². The van der Waals surface area contributed by atoms with Crippen molar-refractivity contribution in [3.63, 3.8) is 0 Å². The van der Waals surface area contributed by atoms with E-state index in [0.29, 0.717) is 16.9 Å². The zero-order valence-corrected chi connectivity index (χ0v) is 13.9. The van der Waals surface area contributed by atoms with Crippen molar-refractivity contribution in [3.8, 4) is 0 Å². The first-order valence-electron chi connectivity index (χ1n) is 7.56. The topological polar surface area (TPSA) is 130 Å². The van der Waals surface area contributed by atoms with Gasteiger partial charge in [-0.25, -0.2) is 0 Å². The fourth-order valence-corrected chi connectivity index (χ4v) is 2.20. The van der Waals surface area contributed by atoms with Gasteiger partial charge in [-0.15, -0.1) is 0 Å². The van der Waals surface area contributed by atoms with Crippen molar-refractivity contribution in [1.29, 1.82) is 0 Å². The third-order valence-corrected chi connectivity index (χ3v) is 3.42. The molecule has 25 heavy (non-hydrogen) atoms. The van der Waals surface area contributed by atoms with Crippen LogP contribution in [0.3, 0.4) is 0 Å². The van der Waals surface area contributed by atoms with Crippen molar-refractivity contribution in [2.24, 2.45) is 5.73 Å². The van der Waals surface area contributed by atoms with Crippen LogP contribution in [0.1, 0.15) is 46.3 Å². The fraction of sp³-hybridized carbons (Fsp3) is 0.176. The van der Waals surface area contributed by atoms with Gasteiger partial charge in [0.2, 0.25) is 5.91 Å². The number of aromatic amines is 1. The van der Waals surface area contributed by atoms with Gasteiger partial charge in [-0.1, -0.05) is 26.5 Å². The Bertz CT molecular complexity index is 839. The van der Waals surface area contributed by atoms with Crippen LogP contribution < -0.4 is 16.4 Å². The number of rotatable bonds is 6. The van der Waals surface area contributed by atoms with Gasteiger partial charge in [-0.05, 0) is 30.2 Å². The molecule has 3 amide bonds. The summed E-state index contributed by atoms with van der Waals surface area (Å²) in [6, 6.07) is 6.36. The summed E-state index contributed by atoms with van der Waals surface area (Å²) >= 11 is 0. The molecule has 0 saturated heterocycles. The number of anilines is 2. The number of nitrogens with one attached hydrogen (secondary N) is 3. The van der Waals surface area contributed by atoms with Gasteiger partial charge < -0.3 is 16.4 Å². The van der Waals surface area contributed by atoms with E-state index in [1.165, 1.54) is 6.07 Å². The van der Waals surface area contributed by atoms with Gasteiger partial charge in [0.05, 0.1) is 11.4 Å². The van der Waals surface area contributed by atoms with E-state index in [4.69, 9.17) is 5.73 Å². The first kappa shape index (κ1) is 17.9. The molecule has 5 N–H and O–H groups in total. The third-order valence-electron chi connectivity index (χ3n) is 3.42. The highest BCUT2D eigenvalue weighted by Crippen LogP contribution is 2.26. The molecule has 0 fully saturated rings. The van der Waals surface area contributed by atoms with Gasteiger partial charge in [-0.2, -0.15) is 5.10 Å². The predicted molar refractivity (Wildman–Crippen MR) is 94.4 cm³/mol.